The summed E-state index contributed by atoms with van der Waals surface area (Å²) >= 11 is 4.83. The SMILES string of the molecule is COc1cc(/C=N\NC(=O)[C@H](C)n2cnc3sc4c(c3c2=O)CC[C@H](C)C4)cc(Br)c1O. The second-order valence-corrected chi connectivity index (χ2v) is 9.89. The third-order valence-electron chi connectivity index (χ3n) is 5.70. The highest BCUT2D eigenvalue weighted by Crippen LogP contribution is 2.36. The predicted octanol–water partition coefficient (Wildman–Crippen LogP) is 3.77. The van der Waals surface area contributed by atoms with E-state index in [1.54, 1.807) is 30.4 Å². The topological polar surface area (TPSA) is 106 Å². The number of aromatic hydroxyl groups is 1. The first kappa shape index (κ1) is 22.5. The van der Waals surface area contributed by atoms with E-state index in [1.807, 2.05) is 0 Å². The molecule has 2 aromatic heterocycles. The van der Waals surface area contributed by atoms with Crippen LogP contribution in [-0.2, 0) is 17.6 Å². The molecule has 1 amide bonds. The van der Waals surface area contributed by atoms with Crippen molar-refractivity contribution in [1.29, 1.82) is 0 Å². The van der Waals surface area contributed by atoms with E-state index in [0.717, 1.165) is 29.7 Å². The number of amides is 1. The average Bonchev–Trinajstić information content (AvgIpc) is 3.14. The Hall–Kier alpha value is -2.72. The number of aryl methyl sites for hydroxylation is 1. The van der Waals surface area contributed by atoms with Crippen LogP contribution in [0.15, 0.2) is 32.8 Å². The summed E-state index contributed by atoms with van der Waals surface area (Å²) in [6, 6.07) is 2.44. The van der Waals surface area contributed by atoms with Crippen LogP contribution >= 0.6 is 27.3 Å². The van der Waals surface area contributed by atoms with E-state index >= 15 is 0 Å². The summed E-state index contributed by atoms with van der Waals surface area (Å²) in [7, 11) is 1.44. The van der Waals surface area contributed by atoms with Crippen LogP contribution in [0.5, 0.6) is 11.5 Å². The number of aromatic nitrogens is 2. The van der Waals surface area contributed by atoms with Crippen molar-refractivity contribution in [2.24, 2.45) is 11.0 Å². The highest BCUT2D eigenvalue weighted by atomic mass is 79.9. The monoisotopic (exact) mass is 518 g/mol. The molecule has 0 radical (unpaired) electrons. The minimum absolute atomic E-state index is 0.0188. The predicted molar refractivity (Wildman–Crippen MR) is 128 cm³/mol. The van der Waals surface area contributed by atoms with Crippen LogP contribution in [0.2, 0.25) is 0 Å². The number of halogens is 1. The van der Waals surface area contributed by atoms with E-state index in [4.69, 9.17) is 4.74 Å². The Morgan fingerprint density at radius 2 is 2.28 bits per heavy atom. The number of carbonyl (C=O) groups excluding carboxylic acids is 1. The first-order valence-electron chi connectivity index (χ1n) is 10.2. The lowest BCUT2D eigenvalue weighted by Gasteiger charge is -2.18. The molecule has 0 spiro atoms. The zero-order valence-corrected chi connectivity index (χ0v) is 20.3. The van der Waals surface area contributed by atoms with Gasteiger partial charge in [-0.1, -0.05) is 6.92 Å². The first-order valence-corrected chi connectivity index (χ1v) is 11.8. The fourth-order valence-corrected chi connectivity index (χ4v) is 5.63. The summed E-state index contributed by atoms with van der Waals surface area (Å²) in [5, 5.41) is 14.5. The van der Waals surface area contributed by atoms with Crippen LogP contribution in [0.1, 0.15) is 42.3 Å². The molecule has 2 heterocycles. The molecule has 0 saturated heterocycles. The molecule has 0 unspecified atom stereocenters. The van der Waals surface area contributed by atoms with Gasteiger partial charge >= 0.3 is 0 Å². The number of methoxy groups -OCH3 is 1. The molecule has 1 aliphatic carbocycles. The van der Waals surface area contributed by atoms with E-state index in [9.17, 15) is 14.7 Å². The molecule has 4 rings (SSSR count). The quantitative estimate of drug-likeness (QED) is 0.395. The lowest BCUT2D eigenvalue weighted by molar-refractivity contribution is -0.123. The Bertz CT molecular complexity index is 1280. The minimum atomic E-state index is -0.782. The van der Waals surface area contributed by atoms with Gasteiger partial charge in [0, 0.05) is 4.88 Å². The van der Waals surface area contributed by atoms with E-state index in [0.29, 0.717) is 21.3 Å². The summed E-state index contributed by atoms with van der Waals surface area (Å²) in [6.45, 7) is 3.86. The molecule has 0 aliphatic heterocycles. The molecule has 1 aliphatic rings. The van der Waals surface area contributed by atoms with E-state index < -0.39 is 11.9 Å². The largest absolute Gasteiger partial charge is 0.503 e. The normalized spacial score (nSPS) is 16.8. The number of hydrogen-bond donors (Lipinski definition) is 2. The Balaban J connectivity index is 1.54. The minimum Gasteiger partial charge on any atom is -0.503 e. The van der Waals surface area contributed by atoms with Crippen LogP contribution in [-0.4, -0.2) is 33.9 Å². The van der Waals surface area contributed by atoms with Gasteiger partial charge in [-0.15, -0.1) is 11.3 Å². The lowest BCUT2D eigenvalue weighted by Crippen LogP contribution is -2.34. The van der Waals surface area contributed by atoms with Crippen molar-refractivity contribution in [2.45, 2.75) is 39.2 Å². The molecule has 168 valence electrons. The number of nitrogens with zero attached hydrogens (tertiary/aromatic N) is 3. The van der Waals surface area contributed by atoms with Gasteiger partial charge in [-0.3, -0.25) is 14.2 Å². The fourth-order valence-electron chi connectivity index (χ4n) is 3.83. The van der Waals surface area contributed by atoms with Crippen molar-refractivity contribution in [3.63, 3.8) is 0 Å². The van der Waals surface area contributed by atoms with Gasteiger partial charge in [0.2, 0.25) is 0 Å². The maximum Gasteiger partial charge on any atom is 0.263 e. The molecule has 1 aromatic carbocycles. The Labute approximate surface area is 197 Å². The number of thiophene rings is 1. The van der Waals surface area contributed by atoms with Gasteiger partial charge in [0.1, 0.15) is 10.9 Å². The number of phenolic OH excluding ortho intramolecular Hbond substituents is 1. The Morgan fingerprint density at radius 3 is 3.03 bits per heavy atom. The number of benzene rings is 1. The number of hydrazone groups is 1. The number of nitrogens with one attached hydrogen (secondary N) is 1. The summed E-state index contributed by atoms with van der Waals surface area (Å²) in [6.07, 6.45) is 5.76. The van der Waals surface area contributed by atoms with Crippen LogP contribution < -0.4 is 15.7 Å². The van der Waals surface area contributed by atoms with Gasteiger partial charge in [0.15, 0.2) is 11.5 Å². The Kier molecular flexibility index (Phi) is 6.34. The average molecular weight is 519 g/mol. The van der Waals surface area contributed by atoms with Crippen LogP contribution in [0.4, 0.5) is 0 Å². The number of ether oxygens (including phenoxy) is 1. The zero-order chi connectivity index (χ0) is 23.0. The van der Waals surface area contributed by atoms with Crippen molar-refractivity contribution in [3.8, 4) is 11.5 Å². The first-order chi connectivity index (χ1) is 15.3. The van der Waals surface area contributed by atoms with Gasteiger partial charge in [0.05, 0.1) is 29.5 Å². The molecule has 2 atom stereocenters. The second-order valence-electron chi connectivity index (χ2n) is 7.95. The Morgan fingerprint density at radius 1 is 1.50 bits per heavy atom. The highest BCUT2D eigenvalue weighted by molar-refractivity contribution is 9.10. The van der Waals surface area contributed by atoms with Crippen molar-refractivity contribution in [1.82, 2.24) is 15.0 Å². The van der Waals surface area contributed by atoms with E-state index in [1.165, 1.54) is 29.1 Å². The number of fused-ring (bicyclic) bond motifs is 3. The molecule has 8 nitrogen and oxygen atoms in total. The van der Waals surface area contributed by atoms with E-state index in [2.05, 4.69) is 38.4 Å². The number of hydrogen-bond acceptors (Lipinski definition) is 7. The summed E-state index contributed by atoms with van der Waals surface area (Å²) in [5.41, 5.74) is 3.97. The van der Waals surface area contributed by atoms with Crippen LogP contribution in [0.25, 0.3) is 10.2 Å². The number of carbonyl (C=O) groups is 1. The van der Waals surface area contributed by atoms with Crippen molar-refractivity contribution >= 4 is 49.6 Å². The molecular weight excluding hydrogens is 496 g/mol. The fraction of sp³-hybridized carbons (Fsp3) is 0.364. The molecule has 10 heteroatoms. The van der Waals surface area contributed by atoms with Crippen LogP contribution in [0.3, 0.4) is 0 Å². The maximum absolute atomic E-state index is 13.2. The molecule has 3 aromatic rings. The van der Waals surface area contributed by atoms with Gasteiger partial charge in [-0.05, 0) is 71.3 Å². The highest BCUT2D eigenvalue weighted by Gasteiger charge is 2.25. The second kappa shape index (κ2) is 9.03. The molecule has 0 fully saturated rings. The molecule has 32 heavy (non-hydrogen) atoms. The van der Waals surface area contributed by atoms with Crippen LogP contribution in [0, 0.1) is 5.92 Å². The molecule has 0 bridgehead atoms. The van der Waals surface area contributed by atoms with Gasteiger partial charge in [0.25, 0.3) is 11.5 Å². The van der Waals surface area contributed by atoms with Crippen molar-refractivity contribution in [2.75, 3.05) is 7.11 Å². The zero-order valence-electron chi connectivity index (χ0n) is 17.9. The maximum atomic E-state index is 13.2. The molecule has 2 N–H and O–H groups in total. The summed E-state index contributed by atoms with van der Waals surface area (Å²) in [4.78, 5) is 32.3. The standard InChI is InChI=1S/C22H23BrN4O4S/c1-11-4-5-14-17(6-11)32-21-18(14)22(30)27(10-24-21)12(2)20(29)26-25-9-13-7-15(23)19(28)16(8-13)31-3/h7-12,28H,4-6H2,1-3H3,(H,26,29)/b25-9-/t11-,12-/m0/s1. The summed E-state index contributed by atoms with van der Waals surface area (Å²) in [5.74, 6) is 0.427. The molecule has 0 saturated carbocycles. The third kappa shape index (κ3) is 4.16. The number of rotatable bonds is 5. The van der Waals surface area contributed by atoms with Crippen molar-refractivity contribution < 1.29 is 14.6 Å². The smallest absolute Gasteiger partial charge is 0.263 e. The third-order valence-corrected chi connectivity index (χ3v) is 7.46. The van der Waals surface area contributed by atoms with E-state index in [-0.39, 0.29) is 17.1 Å². The number of phenols is 1. The van der Waals surface area contributed by atoms with Crippen molar-refractivity contribution in [3.05, 3.63) is 49.3 Å². The molecular formula is C22H23BrN4O4S. The van der Waals surface area contributed by atoms with Gasteiger partial charge in [-0.25, -0.2) is 10.4 Å². The van der Waals surface area contributed by atoms with Gasteiger partial charge in [-0.2, -0.15) is 5.10 Å². The summed E-state index contributed by atoms with van der Waals surface area (Å²) < 4.78 is 6.91. The van der Waals surface area contributed by atoms with Gasteiger partial charge < -0.3 is 9.84 Å². The lowest BCUT2D eigenvalue weighted by atomic mass is 9.89.